The fourth-order valence-corrected chi connectivity index (χ4v) is 1.51. The van der Waals surface area contributed by atoms with Gasteiger partial charge in [-0.2, -0.15) is 0 Å². The molecule has 1 aromatic rings. The van der Waals surface area contributed by atoms with Crippen LogP contribution in [0, 0.1) is 0 Å². The largest absolute Gasteiger partial charge is 0.489 e. The lowest BCUT2D eigenvalue weighted by Gasteiger charge is -2.10. The SMILES string of the molecule is C/C(=C/Cl)COc1ccc(Br)cc1CO. The van der Waals surface area contributed by atoms with Crippen LogP contribution < -0.4 is 4.74 Å². The van der Waals surface area contributed by atoms with E-state index >= 15 is 0 Å². The molecule has 1 rings (SSSR count). The second-order valence-electron chi connectivity index (χ2n) is 3.15. The smallest absolute Gasteiger partial charge is 0.125 e. The average molecular weight is 292 g/mol. The molecule has 0 aliphatic rings. The van der Waals surface area contributed by atoms with Crippen LogP contribution in [0.1, 0.15) is 12.5 Å². The van der Waals surface area contributed by atoms with Crippen LogP contribution >= 0.6 is 27.5 Å². The van der Waals surface area contributed by atoms with E-state index < -0.39 is 0 Å². The van der Waals surface area contributed by atoms with Gasteiger partial charge in [0.05, 0.1) is 6.61 Å². The fraction of sp³-hybridized carbons (Fsp3) is 0.273. The van der Waals surface area contributed by atoms with Crippen molar-refractivity contribution in [1.29, 1.82) is 0 Å². The molecule has 1 aromatic carbocycles. The minimum atomic E-state index is -0.0432. The van der Waals surface area contributed by atoms with Crippen molar-refractivity contribution in [3.8, 4) is 5.75 Å². The van der Waals surface area contributed by atoms with Gasteiger partial charge >= 0.3 is 0 Å². The fourth-order valence-electron chi connectivity index (χ4n) is 1.04. The van der Waals surface area contributed by atoms with Crippen LogP contribution in [-0.2, 0) is 6.61 Å². The molecule has 0 aromatic heterocycles. The maximum absolute atomic E-state index is 9.12. The van der Waals surface area contributed by atoms with Crippen molar-refractivity contribution in [2.75, 3.05) is 6.61 Å². The van der Waals surface area contributed by atoms with Crippen molar-refractivity contribution in [2.45, 2.75) is 13.5 Å². The zero-order valence-corrected chi connectivity index (χ0v) is 10.7. The van der Waals surface area contributed by atoms with Gasteiger partial charge in [-0.15, -0.1) is 0 Å². The molecule has 0 saturated carbocycles. The molecule has 0 bridgehead atoms. The lowest BCUT2D eigenvalue weighted by molar-refractivity contribution is 0.268. The van der Waals surface area contributed by atoms with Crippen LogP contribution in [0.15, 0.2) is 33.8 Å². The van der Waals surface area contributed by atoms with Gasteiger partial charge in [0.2, 0.25) is 0 Å². The van der Waals surface area contributed by atoms with E-state index in [1.54, 1.807) is 0 Å². The van der Waals surface area contributed by atoms with Crippen molar-refractivity contribution in [3.05, 3.63) is 39.3 Å². The summed E-state index contributed by atoms with van der Waals surface area (Å²) in [6.07, 6.45) is 0. The standard InChI is InChI=1S/C11H12BrClO2/c1-8(5-13)7-15-11-3-2-10(12)4-9(11)6-14/h2-5,14H,6-7H2,1H3/b8-5-. The van der Waals surface area contributed by atoms with Gasteiger partial charge in [0, 0.05) is 15.6 Å². The first-order chi connectivity index (χ1) is 7.17. The van der Waals surface area contributed by atoms with E-state index in [-0.39, 0.29) is 6.61 Å². The van der Waals surface area contributed by atoms with Crippen LogP contribution in [0.5, 0.6) is 5.75 Å². The molecule has 0 spiro atoms. The summed E-state index contributed by atoms with van der Waals surface area (Å²) in [7, 11) is 0. The number of halogens is 2. The molecule has 0 fully saturated rings. The number of ether oxygens (including phenoxy) is 1. The predicted molar refractivity (Wildman–Crippen MR) is 65.2 cm³/mol. The zero-order valence-electron chi connectivity index (χ0n) is 8.34. The van der Waals surface area contributed by atoms with Gasteiger partial charge < -0.3 is 9.84 Å². The van der Waals surface area contributed by atoms with E-state index in [4.69, 9.17) is 21.4 Å². The molecule has 4 heteroatoms. The first-order valence-corrected chi connectivity index (χ1v) is 5.68. The van der Waals surface area contributed by atoms with Crippen molar-refractivity contribution in [1.82, 2.24) is 0 Å². The number of aliphatic hydroxyl groups excluding tert-OH is 1. The van der Waals surface area contributed by atoms with Crippen LogP contribution in [0.25, 0.3) is 0 Å². The Morgan fingerprint density at radius 1 is 1.60 bits per heavy atom. The summed E-state index contributed by atoms with van der Waals surface area (Å²) in [5.74, 6) is 0.679. The van der Waals surface area contributed by atoms with Crippen LogP contribution in [-0.4, -0.2) is 11.7 Å². The molecule has 0 radical (unpaired) electrons. The van der Waals surface area contributed by atoms with E-state index in [0.717, 1.165) is 15.6 Å². The minimum Gasteiger partial charge on any atom is -0.489 e. The summed E-state index contributed by atoms with van der Waals surface area (Å²) in [6, 6.07) is 5.51. The lowest BCUT2D eigenvalue weighted by Crippen LogP contribution is -2.01. The summed E-state index contributed by atoms with van der Waals surface area (Å²) >= 11 is 8.85. The molecule has 0 aliphatic heterocycles. The van der Waals surface area contributed by atoms with Crippen LogP contribution in [0.3, 0.4) is 0 Å². The summed E-state index contributed by atoms with van der Waals surface area (Å²) in [4.78, 5) is 0. The van der Waals surface area contributed by atoms with Gasteiger partial charge in [-0.3, -0.25) is 0 Å². The summed E-state index contributed by atoms with van der Waals surface area (Å²) in [6.45, 7) is 2.26. The maximum atomic E-state index is 9.12. The monoisotopic (exact) mass is 290 g/mol. The Morgan fingerprint density at radius 3 is 2.93 bits per heavy atom. The third-order valence-corrected chi connectivity index (χ3v) is 2.70. The Bertz CT molecular complexity index is 364. The molecule has 0 atom stereocenters. The molecule has 0 aliphatic carbocycles. The Kier molecular flexibility index (Phi) is 5.15. The molecule has 0 amide bonds. The zero-order chi connectivity index (χ0) is 11.3. The molecular weight excluding hydrogens is 279 g/mol. The first kappa shape index (κ1) is 12.6. The molecule has 1 N–H and O–H groups in total. The van der Waals surface area contributed by atoms with Gasteiger partial charge in [0.1, 0.15) is 12.4 Å². The van der Waals surface area contributed by atoms with Gasteiger partial charge in [-0.05, 0) is 30.7 Å². The number of hydrogen-bond acceptors (Lipinski definition) is 2. The molecule has 0 heterocycles. The Morgan fingerprint density at radius 2 is 2.33 bits per heavy atom. The Balaban J connectivity index is 2.76. The van der Waals surface area contributed by atoms with Crippen molar-refractivity contribution >= 4 is 27.5 Å². The molecule has 15 heavy (non-hydrogen) atoms. The van der Waals surface area contributed by atoms with Crippen LogP contribution in [0.2, 0.25) is 0 Å². The Hall–Kier alpha value is -0.510. The van der Waals surface area contributed by atoms with Crippen molar-refractivity contribution < 1.29 is 9.84 Å². The molecule has 0 unspecified atom stereocenters. The molecule has 82 valence electrons. The highest BCUT2D eigenvalue weighted by Gasteiger charge is 2.03. The summed E-state index contributed by atoms with van der Waals surface area (Å²) in [5, 5.41) is 9.12. The van der Waals surface area contributed by atoms with Gasteiger partial charge in [0.25, 0.3) is 0 Å². The molecule has 2 nitrogen and oxygen atoms in total. The number of aliphatic hydroxyl groups is 1. The van der Waals surface area contributed by atoms with Gasteiger partial charge in [0.15, 0.2) is 0 Å². The number of hydrogen-bond donors (Lipinski definition) is 1. The van der Waals surface area contributed by atoms with Crippen molar-refractivity contribution in [3.63, 3.8) is 0 Å². The highest BCUT2D eigenvalue weighted by Crippen LogP contribution is 2.23. The minimum absolute atomic E-state index is 0.0432. The molecular formula is C11H12BrClO2. The normalized spacial score (nSPS) is 11.6. The van der Waals surface area contributed by atoms with Gasteiger partial charge in [-0.1, -0.05) is 27.5 Å². The van der Waals surface area contributed by atoms with Gasteiger partial charge in [-0.25, -0.2) is 0 Å². The maximum Gasteiger partial charge on any atom is 0.125 e. The quantitative estimate of drug-likeness (QED) is 0.920. The van der Waals surface area contributed by atoms with E-state index in [0.29, 0.717) is 12.4 Å². The third-order valence-electron chi connectivity index (χ3n) is 1.83. The Labute approximate surface area is 103 Å². The highest BCUT2D eigenvalue weighted by molar-refractivity contribution is 9.10. The third kappa shape index (κ3) is 3.86. The summed E-state index contributed by atoms with van der Waals surface area (Å²) in [5.41, 5.74) is 3.17. The topological polar surface area (TPSA) is 29.5 Å². The molecule has 0 saturated heterocycles. The first-order valence-electron chi connectivity index (χ1n) is 4.45. The van der Waals surface area contributed by atoms with Crippen molar-refractivity contribution in [2.24, 2.45) is 0 Å². The van der Waals surface area contributed by atoms with Crippen LogP contribution in [0.4, 0.5) is 0 Å². The van der Waals surface area contributed by atoms with E-state index in [1.807, 2.05) is 25.1 Å². The highest BCUT2D eigenvalue weighted by atomic mass is 79.9. The van der Waals surface area contributed by atoms with E-state index in [2.05, 4.69) is 15.9 Å². The second kappa shape index (κ2) is 6.16. The second-order valence-corrected chi connectivity index (χ2v) is 4.29. The van der Waals surface area contributed by atoms with E-state index in [1.165, 1.54) is 5.54 Å². The number of benzene rings is 1. The number of rotatable bonds is 4. The predicted octanol–water partition coefficient (Wildman–Crippen LogP) is 3.46. The summed E-state index contributed by atoms with van der Waals surface area (Å²) < 4.78 is 6.42. The lowest BCUT2D eigenvalue weighted by atomic mass is 10.2. The van der Waals surface area contributed by atoms with E-state index in [9.17, 15) is 0 Å². The average Bonchev–Trinajstić information content (AvgIpc) is 2.26.